The summed E-state index contributed by atoms with van der Waals surface area (Å²) >= 11 is 0. The molecule has 1 spiro atoms. The molecule has 0 fully saturated rings. The van der Waals surface area contributed by atoms with Gasteiger partial charge >= 0.3 is 5.97 Å². The molecule has 2 aliphatic rings. The van der Waals surface area contributed by atoms with E-state index in [2.05, 4.69) is 95.9 Å². The molecule has 0 bridgehead atoms. The van der Waals surface area contributed by atoms with Gasteiger partial charge in [0, 0.05) is 73.7 Å². The van der Waals surface area contributed by atoms with Crippen molar-refractivity contribution in [3.05, 3.63) is 143 Å². The summed E-state index contributed by atoms with van der Waals surface area (Å²) in [5.74, 6) is 1.06. The Hall–Kier alpha value is -5.23. The molecule has 0 aliphatic carbocycles. The molecule has 45 heavy (non-hydrogen) atoms. The number of nitrogens with one attached hydrogen (secondary N) is 1. The van der Waals surface area contributed by atoms with E-state index in [-0.39, 0.29) is 5.97 Å². The third-order valence-electron chi connectivity index (χ3n) is 8.83. The minimum absolute atomic E-state index is 0.322. The SMILES string of the molecule is CN(C)c1ccc(CCCc2ccc3c(c2)Oc2cc(Nc4ccc(N(C)C)cc4)ccc2C32OC(=O)c3ccccc32)cc1. The summed E-state index contributed by atoms with van der Waals surface area (Å²) in [5, 5.41) is 3.51. The van der Waals surface area contributed by atoms with E-state index in [1.54, 1.807) is 0 Å². The lowest BCUT2D eigenvalue weighted by Crippen LogP contribution is -2.33. The lowest BCUT2D eigenvalue weighted by atomic mass is 9.77. The van der Waals surface area contributed by atoms with Crippen LogP contribution in [0.15, 0.2) is 109 Å². The third kappa shape index (κ3) is 5.16. The van der Waals surface area contributed by atoms with Crippen LogP contribution < -0.4 is 19.9 Å². The molecule has 0 radical (unpaired) electrons. The van der Waals surface area contributed by atoms with E-state index < -0.39 is 5.60 Å². The van der Waals surface area contributed by atoms with Gasteiger partial charge in [0.05, 0.1) is 5.56 Å². The molecule has 0 saturated heterocycles. The normalized spacial score (nSPS) is 15.9. The number of carbonyl (C=O) groups excluding carboxylic acids is 1. The van der Waals surface area contributed by atoms with E-state index in [1.165, 1.54) is 16.8 Å². The first-order chi connectivity index (χ1) is 21.8. The molecule has 0 aromatic heterocycles. The van der Waals surface area contributed by atoms with E-state index in [0.717, 1.165) is 53.0 Å². The summed E-state index contributed by atoms with van der Waals surface area (Å²) in [5.41, 5.74) is 8.73. The smallest absolute Gasteiger partial charge is 0.340 e. The molecule has 1 atom stereocenters. The van der Waals surface area contributed by atoms with Crippen LogP contribution in [0.4, 0.5) is 22.7 Å². The van der Waals surface area contributed by atoms with Crippen molar-refractivity contribution in [1.82, 2.24) is 0 Å². The van der Waals surface area contributed by atoms with Gasteiger partial charge in [0.1, 0.15) is 11.5 Å². The molecule has 2 heterocycles. The van der Waals surface area contributed by atoms with Crippen LogP contribution in [-0.4, -0.2) is 34.2 Å². The molecule has 6 nitrogen and oxygen atoms in total. The molecule has 1 unspecified atom stereocenters. The van der Waals surface area contributed by atoms with E-state index in [4.69, 9.17) is 9.47 Å². The molecular formula is C39H37N3O3. The van der Waals surface area contributed by atoms with Crippen molar-refractivity contribution in [2.75, 3.05) is 43.3 Å². The van der Waals surface area contributed by atoms with E-state index in [9.17, 15) is 4.79 Å². The van der Waals surface area contributed by atoms with Crippen LogP contribution in [0.5, 0.6) is 11.5 Å². The van der Waals surface area contributed by atoms with Crippen molar-refractivity contribution < 1.29 is 14.3 Å². The Labute approximate surface area is 264 Å². The number of nitrogens with zero attached hydrogens (tertiary/aromatic N) is 2. The molecule has 0 saturated carbocycles. The highest BCUT2D eigenvalue weighted by Crippen LogP contribution is 2.56. The summed E-state index contributed by atoms with van der Waals surface area (Å²) < 4.78 is 13.0. The van der Waals surface area contributed by atoms with Crippen molar-refractivity contribution in [2.24, 2.45) is 0 Å². The second-order valence-corrected chi connectivity index (χ2v) is 12.2. The van der Waals surface area contributed by atoms with Crippen molar-refractivity contribution in [1.29, 1.82) is 0 Å². The Morgan fingerprint density at radius 2 is 1.20 bits per heavy atom. The first-order valence-electron chi connectivity index (χ1n) is 15.4. The average Bonchev–Trinajstić information content (AvgIpc) is 3.34. The average molecular weight is 596 g/mol. The molecule has 0 amide bonds. The number of hydrogen-bond donors (Lipinski definition) is 1. The maximum absolute atomic E-state index is 13.3. The Balaban J connectivity index is 1.21. The van der Waals surface area contributed by atoms with Gasteiger partial charge in [0.2, 0.25) is 0 Å². The molecule has 7 rings (SSSR count). The fourth-order valence-corrected chi connectivity index (χ4v) is 6.42. The van der Waals surface area contributed by atoms with Gasteiger partial charge in [-0.2, -0.15) is 0 Å². The number of carbonyl (C=O) groups is 1. The fraction of sp³-hybridized carbons (Fsp3) is 0.205. The maximum Gasteiger partial charge on any atom is 0.340 e. The first-order valence-corrected chi connectivity index (χ1v) is 15.4. The quantitative estimate of drug-likeness (QED) is 0.182. The van der Waals surface area contributed by atoms with E-state index in [1.807, 2.05) is 56.6 Å². The summed E-state index contributed by atoms with van der Waals surface area (Å²) in [6, 6.07) is 37.1. The fourth-order valence-electron chi connectivity index (χ4n) is 6.42. The van der Waals surface area contributed by atoms with Crippen LogP contribution >= 0.6 is 0 Å². The topological polar surface area (TPSA) is 54.0 Å². The summed E-state index contributed by atoms with van der Waals surface area (Å²) in [6.45, 7) is 0. The van der Waals surface area contributed by atoms with Gasteiger partial charge in [-0.15, -0.1) is 0 Å². The monoisotopic (exact) mass is 595 g/mol. The highest BCUT2D eigenvalue weighted by atomic mass is 16.6. The Morgan fingerprint density at radius 3 is 1.91 bits per heavy atom. The van der Waals surface area contributed by atoms with Crippen molar-refractivity contribution in [3.63, 3.8) is 0 Å². The summed E-state index contributed by atoms with van der Waals surface area (Å²) in [6.07, 6.45) is 2.92. The summed E-state index contributed by atoms with van der Waals surface area (Å²) in [7, 11) is 8.17. The lowest BCUT2D eigenvalue weighted by Gasteiger charge is -2.37. The predicted octanol–water partition coefficient (Wildman–Crippen LogP) is 8.31. The number of anilines is 4. The van der Waals surface area contributed by atoms with Gasteiger partial charge in [0.25, 0.3) is 0 Å². The third-order valence-corrected chi connectivity index (χ3v) is 8.83. The molecular weight excluding hydrogens is 558 g/mol. The van der Waals surface area contributed by atoms with Gasteiger partial charge in [-0.1, -0.05) is 42.5 Å². The lowest BCUT2D eigenvalue weighted by molar-refractivity contribution is 0.0224. The van der Waals surface area contributed by atoms with Crippen LogP contribution in [0.2, 0.25) is 0 Å². The predicted molar refractivity (Wildman–Crippen MR) is 182 cm³/mol. The molecule has 5 aromatic carbocycles. The highest BCUT2D eigenvalue weighted by molar-refractivity contribution is 5.97. The van der Waals surface area contributed by atoms with E-state index >= 15 is 0 Å². The second-order valence-electron chi connectivity index (χ2n) is 12.2. The zero-order valence-corrected chi connectivity index (χ0v) is 26.1. The maximum atomic E-state index is 13.3. The number of ether oxygens (including phenoxy) is 2. The van der Waals surface area contributed by atoms with Gasteiger partial charge in [0.15, 0.2) is 5.60 Å². The van der Waals surface area contributed by atoms with Crippen molar-refractivity contribution in [3.8, 4) is 11.5 Å². The number of benzene rings is 5. The Kier molecular flexibility index (Phi) is 7.20. The molecule has 226 valence electrons. The van der Waals surface area contributed by atoms with Gasteiger partial charge in [-0.25, -0.2) is 4.79 Å². The Bertz CT molecular complexity index is 1880. The largest absolute Gasteiger partial charge is 0.456 e. The van der Waals surface area contributed by atoms with Crippen LogP contribution in [0, 0.1) is 0 Å². The zero-order valence-electron chi connectivity index (χ0n) is 26.1. The Morgan fingerprint density at radius 1 is 0.622 bits per heavy atom. The number of fused-ring (bicyclic) bond motifs is 6. The number of rotatable bonds is 8. The minimum Gasteiger partial charge on any atom is -0.456 e. The van der Waals surface area contributed by atoms with Crippen LogP contribution in [0.1, 0.15) is 44.6 Å². The summed E-state index contributed by atoms with van der Waals surface area (Å²) in [4.78, 5) is 17.5. The number of esters is 1. The van der Waals surface area contributed by atoms with Gasteiger partial charge < -0.3 is 24.6 Å². The van der Waals surface area contributed by atoms with Gasteiger partial charge in [-0.05, 0) is 91.1 Å². The van der Waals surface area contributed by atoms with Crippen molar-refractivity contribution in [2.45, 2.75) is 24.9 Å². The number of aryl methyl sites for hydroxylation is 2. The molecule has 1 N–H and O–H groups in total. The zero-order chi connectivity index (χ0) is 31.1. The molecule has 6 heteroatoms. The minimum atomic E-state index is -1.07. The van der Waals surface area contributed by atoms with Crippen LogP contribution in [-0.2, 0) is 23.2 Å². The standard InChI is InChI=1S/C39H37N3O3/c1-41(2)30-18-12-26(13-19-30)8-7-9-27-14-22-34-36(24-27)44-37-25-29(40-28-15-20-31(21-16-28)42(3)4)17-23-35(37)39(34)33-11-6-5-10-32(33)38(43)45-39/h5-6,10-25,40H,7-9H2,1-4H3. The second kappa shape index (κ2) is 11.4. The van der Waals surface area contributed by atoms with Crippen LogP contribution in [0.25, 0.3) is 0 Å². The van der Waals surface area contributed by atoms with E-state index in [0.29, 0.717) is 17.1 Å². The number of hydrogen-bond acceptors (Lipinski definition) is 6. The van der Waals surface area contributed by atoms with Crippen LogP contribution in [0.3, 0.4) is 0 Å². The van der Waals surface area contributed by atoms with Crippen molar-refractivity contribution >= 4 is 28.7 Å². The highest BCUT2D eigenvalue weighted by Gasteiger charge is 2.53. The molecule has 5 aromatic rings. The van der Waals surface area contributed by atoms with Gasteiger partial charge in [-0.3, -0.25) is 0 Å². The molecule has 2 aliphatic heterocycles. The first kappa shape index (κ1) is 28.5.